The topological polar surface area (TPSA) is 78.9 Å². The van der Waals surface area contributed by atoms with Crippen molar-refractivity contribution in [2.45, 2.75) is 6.54 Å². The number of nitrogens with one attached hydrogen (secondary N) is 1. The molecule has 0 aliphatic rings. The van der Waals surface area contributed by atoms with Crippen LogP contribution >= 0.6 is 0 Å². The standard InChI is InChI=1S/C14H11N3O2/c15-9-11(8-12-4-1-2-6-16-12)14(18)17-10-13-5-3-7-19-13/h1-8H,10H2,(H,17,18)/b11-8-. The summed E-state index contributed by atoms with van der Waals surface area (Å²) >= 11 is 0. The van der Waals surface area contributed by atoms with E-state index in [1.807, 2.05) is 6.07 Å². The van der Waals surface area contributed by atoms with Crippen LogP contribution < -0.4 is 5.32 Å². The summed E-state index contributed by atoms with van der Waals surface area (Å²) in [6, 6.07) is 10.6. The van der Waals surface area contributed by atoms with Gasteiger partial charge in [0.15, 0.2) is 0 Å². The molecular weight excluding hydrogens is 242 g/mol. The van der Waals surface area contributed by atoms with Crippen LogP contribution in [-0.4, -0.2) is 10.9 Å². The monoisotopic (exact) mass is 253 g/mol. The molecule has 1 amide bonds. The largest absolute Gasteiger partial charge is 0.467 e. The van der Waals surface area contributed by atoms with Gasteiger partial charge in [0.1, 0.15) is 17.4 Å². The molecular formula is C14H11N3O2. The third-order valence-corrected chi connectivity index (χ3v) is 2.35. The van der Waals surface area contributed by atoms with Crippen LogP contribution in [0.25, 0.3) is 6.08 Å². The maximum Gasteiger partial charge on any atom is 0.262 e. The number of pyridine rings is 1. The predicted octanol–water partition coefficient (Wildman–Crippen LogP) is 1.90. The zero-order valence-electron chi connectivity index (χ0n) is 10.0. The normalized spacial score (nSPS) is 10.8. The molecule has 5 heteroatoms. The predicted molar refractivity (Wildman–Crippen MR) is 68.4 cm³/mol. The van der Waals surface area contributed by atoms with Crippen molar-refractivity contribution < 1.29 is 9.21 Å². The summed E-state index contributed by atoms with van der Waals surface area (Å²) in [6.45, 7) is 0.243. The van der Waals surface area contributed by atoms with E-state index in [0.29, 0.717) is 11.5 Å². The second kappa shape index (κ2) is 6.17. The molecule has 0 radical (unpaired) electrons. The van der Waals surface area contributed by atoms with Gasteiger partial charge in [-0.25, -0.2) is 0 Å². The Hall–Kier alpha value is -2.87. The van der Waals surface area contributed by atoms with E-state index in [1.54, 1.807) is 36.5 Å². The number of carbonyl (C=O) groups excluding carboxylic acids is 1. The number of hydrogen-bond acceptors (Lipinski definition) is 4. The van der Waals surface area contributed by atoms with Gasteiger partial charge in [-0.15, -0.1) is 0 Å². The second-order valence-corrected chi connectivity index (χ2v) is 3.69. The van der Waals surface area contributed by atoms with Crippen LogP contribution in [-0.2, 0) is 11.3 Å². The first-order valence-corrected chi connectivity index (χ1v) is 5.63. The van der Waals surface area contributed by atoms with Crippen molar-refractivity contribution >= 4 is 12.0 Å². The lowest BCUT2D eigenvalue weighted by Crippen LogP contribution is -2.23. The Morgan fingerprint density at radius 1 is 1.42 bits per heavy atom. The average molecular weight is 253 g/mol. The summed E-state index contributed by atoms with van der Waals surface area (Å²) in [5.41, 5.74) is 0.567. The number of nitriles is 1. The minimum absolute atomic E-state index is 0.00487. The highest BCUT2D eigenvalue weighted by Gasteiger charge is 2.09. The summed E-state index contributed by atoms with van der Waals surface area (Å²) in [7, 11) is 0. The van der Waals surface area contributed by atoms with E-state index in [9.17, 15) is 4.79 Å². The smallest absolute Gasteiger partial charge is 0.262 e. The lowest BCUT2D eigenvalue weighted by molar-refractivity contribution is -0.117. The van der Waals surface area contributed by atoms with Crippen LogP contribution in [0.15, 0.2) is 52.8 Å². The van der Waals surface area contributed by atoms with Crippen LogP contribution in [0.3, 0.4) is 0 Å². The molecule has 0 spiro atoms. The fourth-order valence-corrected chi connectivity index (χ4v) is 1.43. The quantitative estimate of drug-likeness (QED) is 0.666. The molecule has 0 aromatic carbocycles. The van der Waals surface area contributed by atoms with Crippen LogP contribution in [0.4, 0.5) is 0 Å². The van der Waals surface area contributed by atoms with Gasteiger partial charge in [-0.05, 0) is 30.3 Å². The zero-order chi connectivity index (χ0) is 13.5. The van der Waals surface area contributed by atoms with Crippen molar-refractivity contribution in [3.8, 4) is 6.07 Å². The summed E-state index contributed by atoms with van der Waals surface area (Å²) in [5.74, 6) is 0.174. The van der Waals surface area contributed by atoms with Crippen molar-refractivity contribution in [3.63, 3.8) is 0 Å². The Balaban J connectivity index is 2.04. The van der Waals surface area contributed by atoms with E-state index < -0.39 is 5.91 Å². The van der Waals surface area contributed by atoms with E-state index in [1.165, 1.54) is 12.3 Å². The first-order chi connectivity index (χ1) is 9.29. The molecule has 0 saturated heterocycles. The molecule has 0 fully saturated rings. The number of rotatable bonds is 4. The van der Waals surface area contributed by atoms with Gasteiger partial charge >= 0.3 is 0 Å². The number of carbonyl (C=O) groups is 1. The third kappa shape index (κ3) is 3.54. The van der Waals surface area contributed by atoms with Crippen molar-refractivity contribution in [2.75, 3.05) is 0 Å². The van der Waals surface area contributed by atoms with E-state index in [0.717, 1.165) is 0 Å². The molecule has 0 unspecified atom stereocenters. The van der Waals surface area contributed by atoms with Gasteiger partial charge in [0.25, 0.3) is 5.91 Å². The van der Waals surface area contributed by atoms with Crippen molar-refractivity contribution in [1.29, 1.82) is 5.26 Å². The summed E-state index contributed by atoms with van der Waals surface area (Å²) in [4.78, 5) is 15.8. The molecule has 2 aromatic rings. The molecule has 2 rings (SSSR count). The van der Waals surface area contributed by atoms with Crippen LogP contribution in [0.1, 0.15) is 11.5 Å². The Kier molecular flexibility index (Phi) is 4.09. The molecule has 2 heterocycles. The summed E-state index contributed by atoms with van der Waals surface area (Å²) in [5, 5.41) is 11.6. The molecule has 0 aliphatic heterocycles. The number of hydrogen-bond donors (Lipinski definition) is 1. The van der Waals surface area contributed by atoms with E-state index >= 15 is 0 Å². The highest BCUT2D eigenvalue weighted by molar-refractivity contribution is 6.01. The van der Waals surface area contributed by atoms with Gasteiger partial charge in [-0.3, -0.25) is 9.78 Å². The molecule has 0 aliphatic carbocycles. The van der Waals surface area contributed by atoms with Crippen LogP contribution in [0.2, 0.25) is 0 Å². The number of amides is 1. The van der Waals surface area contributed by atoms with E-state index in [2.05, 4.69) is 10.3 Å². The molecule has 1 N–H and O–H groups in total. The van der Waals surface area contributed by atoms with Gasteiger partial charge in [0.05, 0.1) is 18.5 Å². The molecule has 19 heavy (non-hydrogen) atoms. The van der Waals surface area contributed by atoms with Gasteiger partial charge < -0.3 is 9.73 Å². The summed E-state index contributed by atoms with van der Waals surface area (Å²) in [6.07, 6.45) is 4.56. The Bertz CT molecular complexity index is 610. The second-order valence-electron chi connectivity index (χ2n) is 3.69. The first-order valence-electron chi connectivity index (χ1n) is 5.63. The molecule has 5 nitrogen and oxygen atoms in total. The van der Waals surface area contributed by atoms with E-state index in [4.69, 9.17) is 9.68 Å². The third-order valence-electron chi connectivity index (χ3n) is 2.35. The molecule has 94 valence electrons. The number of aromatic nitrogens is 1. The minimum Gasteiger partial charge on any atom is -0.467 e. The molecule has 0 atom stereocenters. The fourth-order valence-electron chi connectivity index (χ4n) is 1.43. The maximum atomic E-state index is 11.8. The lowest BCUT2D eigenvalue weighted by atomic mass is 10.2. The van der Waals surface area contributed by atoms with Gasteiger partial charge in [-0.2, -0.15) is 5.26 Å². The van der Waals surface area contributed by atoms with E-state index in [-0.39, 0.29) is 12.1 Å². The number of nitrogens with zero attached hydrogens (tertiary/aromatic N) is 2. The molecule has 0 saturated carbocycles. The van der Waals surface area contributed by atoms with Crippen LogP contribution in [0.5, 0.6) is 0 Å². The first kappa shape index (κ1) is 12.6. The highest BCUT2D eigenvalue weighted by atomic mass is 16.3. The zero-order valence-corrected chi connectivity index (χ0v) is 10.0. The fraction of sp³-hybridized carbons (Fsp3) is 0.0714. The van der Waals surface area contributed by atoms with Gasteiger partial charge in [0, 0.05) is 6.20 Å². The maximum absolute atomic E-state index is 11.8. The average Bonchev–Trinajstić information content (AvgIpc) is 2.96. The highest BCUT2D eigenvalue weighted by Crippen LogP contribution is 2.04. The van der Waals surface area contributed by atoms with Crippen molar-refractivity contribution in [3.05, 3.63) is 59.8 Å². The Morgan fingerprint density at radius 3 is 2.95 bits per heavy atom. The van der Waals surface area contributed by atoms with Gasteiger partial charge in [0.2, 0.25) is 0 Å². The van der Waals surface area contributed by atoms with Crippen LogP contribution in [0, 0.1) is 11.3 Å². The van der Waals surface area contributed by atoms with Crippen molar-refractivity contribution in [2.24, 2.45) is 0 Å². The molecule has 2 aromatic heterocycles. The van der Waals surface area contributed by atoms with Crippen molar-refractivity contribution in [1.82, 2.24) is 10.3 Å². The Labute approximate surface area is 110 Å². The molecule has 0 bridgehead atoms. The lowest BCUT2D eigenvalue weighted by Gasteiger charge is -2.01. The SMILES string of the molecule is N#C/C(=C/c1ccccn1)C(=O)NCc1ccco1. The number of furan rings is 1. The van der Waals surface area contributed by atoms with Gasteiger partial charge in [-0.1, -0.05) is 6.07 Å². The Morgan fingerprint density at radius 2 is 2.32 bits per heavy atom. The minimum atomic E-state index is -0.454. The summed E-state index contributed by atoms with van der Waals surface area (Å²) < 4.78 is 5.09.